The molecular formula is C46H28N2. The molecule has 0 spiro atoms. The minimum atomic E-state index is 1.12. The molecule has 1 aromatic heterocycles. The topological polar surface area (TPSA) is 8.17 Å². The highest BCUT2D eigenvalue weighted by Crippen LogP contribution is 2.53. The first-order valence-corrected chi connectivity index (χ1v) is 16.6. The van der Waals surface area contributed by atoms with Crippen LogP contribution in [0, 0.1) is 0 Å². The van der Waals surface area contributed by atoms with Crippen LogP contribution in [0.1, 0.15) is 0 Å². The summed E-state index contributed by atoms with van der Waals surface area (Å²) >= 11 is 0. The van der Waals surface area contributed by atoms with Crippen LogP contribution in [0.2, 0.25) is 0 Å². The van der Waals surface area contributed by atoms with Crippen LogP contribution < -0.4 is 4.90 Å². The smallest absolute Gasteiger partial charge is 0.0541 e. The molecule has 1 aliphatic rings. The van der Waals surface area contributed by atoms with Crippen LogP contribution in [0.15, 0.2) is 170 Å². The van der Waals surface area contributed by atoms with Crippen molar-refractivity contribution in [3.63, 3.8) is 0 Å². The van der Waals surface area contributed by atoms with Crippen molar-refractivity contribution in [3.05, 3.63) is 170 Å². The molecule has 0 aliphatic heterocycles. The van der Waals surface area contributed by atoms with Crippen molar-refractivity contribution in [1.82, 2.24) is 4.57 Å². The first-order chi connectivity index (χ1) is 23.8. The SMILES string of the molecule is c1ccc(N(c2ccc(-n3c4ccccc4c4ccccc43)cc2)c2ccc3c(c2)-c2cc4cccc5ccc6ccc-3c2c6c54)cc1. The predicted molar refractivity (Wildman–Crippen MR) is 204 cm³/mol. The summed E-state index contributed by atoms with van der Waals surface area (Å²) in [4.78, 5) is 2.38. The molecule has 0 saturated heterocycles. The van der Waals surface area contributed by atoms with Crippen LogP contribution in [-0.2, 0) is 0 Å². The summed E-state index contributed by atoms with van der Waals surface area (Å²) in [6, 6.07) is 62.4. The Morgan fingerprint density at radius 1 is 0.333 bits per heavy atom. The maximum absolute atomic E-state index is 2.41. The number of fused-ring (bicyclic) bond motifs is 6. The van der Waals surface area contributed by atoms with Crippen molar-refractivity contribution in [2.24, 2.45) is 0 Å². The van der Waals surface area contributed by atoms with Gasteiger partial charge >= 0.3 is 0 Å². The summed E-state index contributed by atoms with van der Waals surface area (Å²) < 4.78 is 2.38. The van der Waals surface area contributed by atoms with Crippen LogP contribution in [0.4, 0.5) is 17.1 Å². The highest BCUT2D eigenvalue weighted by molar-refractivity contribution is 6.32. The fourth-order valence-corrected chi connectivity index (χ4v) is 8.39. The lowest BCUT2D eigenvalue weighted by Gasteiger charge is -2.26. The van der Waals surface area contributed by atoms with Gasteiger partial charge in [0.15, 0.2) is 0 Å². The van der Waals surface area contributed by atoms with Crippen molar-refractivity contribution < 1.29 is 0 Å². The number of anilines is 3. The van der Waals surface area contributed by atoms with Crippen molar-refractivity contribution in [1.29, 1.82) is 0 Å². The zero-order valence-electron chi connectivity index (χ0n) is 26.1. The highest BCUT2D eigenvalue weighted by Gasteiger charge is 2.26. The normalized spacial score (nSPS) is 12.2. The zero-order chi connectivity index (χ0) is 31.3. The Bertz CT molecular complexity index is 2820. The second kappa shape index (κ2) is 9.57. The van der Waals surface area contributed by atoms with Gasteiger partial charge < -0.3 is 9.47 Å². The van der Waals surface area contributed by atoms with E-state index in [4.69, 9.17) is 0 Å². The fourth-order valence-electron chi connectivity index (χ4n) is 8.39. The summed E-state index contributed by atoms with van der Waals surface area (Å²) in [5.41, 5.74) is 12.2. The predicted octanol–water partition coefficient (Wildman–Crippen LogP) is 12.8. The molecule has 2 nitrogen and oxygen atoms in total. The second-order valence-corrected chi connectivity index (χ2v) is 12.9. The first-order valence-electron chi connectivity index (χ1n) is 16.6. The second-order valence-electron chi connectivity index (χ2n) is 12.9. The van der Waals surface area contributed by atoms with E-state index in [0.29, 0.717) is 0 Å². The van der Waals surface area contributed by atoms with Gasteiger partial charge in [0.1, 0.15) is 0 Å². The minimum Gasteiger partial charge on any atom is -0.310 e. The van der Waals surface area contributed by atoms with E-state index in [2.05, 4.69) is 179 Å². The number of para-hydroxylation sites is 3. The Kier molecular flexibility index (Phi) is 5.14. The summed E-state index contributed by atoms with van der Waals surface area (Å²) in [6.07, 6.45) is 0. The molecule has 0 radical (unpaired) electrons. The average molecular weight is 609 g/mol. The number of benzene rings is 9. The van der Waals surface area contributed by atoms with E-state index in [1.54, 1.807) is 0 Å². The van der Waals surface area contributed by atoms with Gasteiger partial charge in [-0.1, -0.05) is 103 Å². The number of aromatic nitrogens is 1. The van der Waals surface area contributed by atoms with E-state index in [0.717, 1.165) is 22.7 Å². The largest absolute Gasteiger partial charge is 0.310 e. The Balaban J connectivity index is 1.09. The van der Waals surface area contributed by atoms with Crippen LogP contribution in [0.3, 0.4) is 0 Å². The lowest BCUT2D eigenvalue weighted by Crippen LogP contribution is -2.10. The molecule has 1 aliphatic carbocycles. The minimum absolute atomic E-state index is 1.12. The summed E-state index contributed by atoms with van der Waals surface area (Å²) in [6.45, 7) is 0. The van der Waals surface area contributed by atoms with Gasteiger partial charge in [-0.25, -0.2) is 0 Å². The Morgan fingerprint density at radius 3 is 1.71 bits per heavy atom. The van der Waals surface area contributed by atoms with Gasteiger partial charge in [-0.05, 0) is 121 Å². The maximum Gasteiger partial charge on any atom is 0.0541 e. The highest BCUT2D eigenvalue weighted by atomic mass is 15.1. The Morgan fingerprint density at radius 2 is 0.938 bits per heavy atom. The monoisotopic (exact) mass is 608 g/mol. The molecule has 48 heavy (non-hydrogen) atoms. The van der Waals surface area contributed by atoms with Gasteiger partial charge in [-0.3, -0.25) is 0 Å². The maximum atomic E-state index is 2.41. The quantitative estimate of drug-likeness (QED) is 0.180. The van der Waals surface area contributed by atoms with Crippen LogP contribution >= 0.6 is 0 Å². The van der Waals surface area contributed by atoms with E-state index in [1.165, 1.54) is 76.4 Å². The Hall–Kier alpha value is -6.38. The van der Waals surface area contributed by atoms with E-state index in [9.17, 15) is 0 Å². The van der Waals surface area contributed by atoms with E-state index < -0.39 is 0 Å². The molecule has 11 rings (SSSR count). The number of hydrogen-bond donors (Lipinski definition) is 0. The van der Waals surface area contributed by atoms with Gasteiger partial charge in [0.05, 0.1) is 11.0 Å². The van der Waals surface area contributed by atoms with Crippen LogP contribution in [-0.4, -0.2) is 4.57 Å². The van der Waals surface area contributed by atoms with Crippen LogP contribution in [0.5, 0.6) is 0 Å². The van der Waals surface area contributed by atoms with Gasteiger partial charge in [0, 0.05) is 33.5 Å². The van der Waals surface area contributed by atoms with E-state index in [-0.39, 0.29) is 0 Å². The van der Waals surface area contributed by atoms with E-state index >= 15 is 0 Å². The molecule has 222 valence electrons. The molecule has 0 fully saturated rings. The average Bonchev–Trinajstić information content (AvgIpc) is 3.65. The first kappa shape index (κ1) is 25.8. The van der Waals surface area contributed by atoms with Gasteiger partial charge in [-0.15, -0.1) is 0 Å². The molecule has 9 aromatic carbocycles. The number of rotatable bonds is 4. The molecule has 0 amide bonds. The molecule has 0 bridgehead atoms. The third-order valence-electron chi connectivity index (χ3n) is 10.4. The van der Waals surface area contributed by atoms with Crippen molar-refractivity contribution in [2.45, 2.75) is 0 Å². The molecule has 2 heteroatoms. The van der Waals surface area contributed by atoms with Crippen molar-refractivity contribution in [2.75, 3.05) is 4.90 Å². The summed E-state index contributed by atoms with van der Waals surface area (Å²) in [5, 5.41) is 10.6. The lowest BCUT2D eigenvalue weighted by atomic mass is 9.91. The Labute approximate surface area is 277 Å². The molecule has 1 heterocycles. The lowest BCUT2D eigenvalue weighted by molar-refractivity contribution is 1.17. The third-order valence-corrected chi connectivity index (χ3v) is 10.4. The van der Waals surface area contributed by atoms with Crippen molar-refractivity contribution >= 4 is 71.2 Å². The van der Waals surface area contributed by atoms with Gasteiger partial charge in [0.2, 0.25) is 0 Å². The third kappa shape index (κ3) is 3.46. The van der Waals surface area contributed by atoms with Gasteiger partial charge in [-0.2, -0.15) is 0 Å². The standard InChI is InChI=1S/C46H28N2/c1-2-11-32(12-3-1)47(33-20-22-34(23-21-33)48-42-15-6-4-13-37(42)38-14-5-7-16-43(38)48)35-24-26-36-39-25-19-30-18-17-29-9-8-10-31-27-41(40(36)28-35)46(39)45(30)44(29)31/h1-28H. The molecule has 0 atom stereocenters. The fraction of sp³-hybridized carbons (Fsp3) is 0. The number of nitrogens with zero attached hydrogens (tertiary/aromatic N) is 2. The number of hydrogen-bond acceptors (Lipinski definition) is 1. The molecule has 0 saturated carbocycles. The van der Waals surface area contributed by atoms with E-state index in [1.807, 2.05) is 0 Å². The zero-order valence-corrected chi connectivity index (χ0v) is 26.1. The molecule has 10 aromatic rings. The molecular weight excluding hydrogens is 581 g/mol. The van der Waals surface area contributed by atoms with Crippen molar-refractivity contribution in [3.8, 4) is 27.9 Å². The summed E-state index contributed by atoms with van der Waals surface area (Å²) in [5.74, 6) is 0. The van der Waals surface area contributed by atoms with Crippen LogP contribution in [0.25, 0.3) is 82.1 Å². The molecule has 0 N–H and O–H groups in total. The van der Waals surface area contributed by atoms with Gasteiger partial charge in [0.25, 0.3) is 0 Å². The molecule has 0 unspecified atom stereocenters. The summed E-state index contributed by atoms with van der Waals surface area (Å²) in [7, 11) is 0.